The Morgan fingerprint density at radius 1 is 1.14 bits per heavy atom. The zero-order valence-electron chi connectivity index (χ0n) is 16.2. The fraction of sp³-hybridized carbons (Fsp3) is 0.318. The van der Waals surface area contributed by atoms with Crippen molar-refractivity contribution >= 4 is 39.9 Å². The van der Waals surface area contributed by atoms with Crippen LogP contribution in [0.4, 0.5) is 15.8 Å². The van der Waals surface area contributed by atoms with Gasteiger partial charge in [-0.25, -0.2) is 14.4 Å². The maximum Gasteiger partial charge on any atom is 0.257 e. The summed E-state index contributed by atoms with van der Waals surface area (Å²) in [6.07, 6.45) is 5.77. The molecule has 29 heavy (non-hydrogen) atoms. The Morgan fingerprint density at radius 2 is 1.90 bits per heavy atom. The van der Waals surface area contributed by atoms with Gasteiger partial charge >= 0.3 is 0 Å². The fourth-order valence-corrected chi connectivity index (χ4v) is 3.80. The predicted molar refractivity (Wildman–Crippen MR) is 113 cm³/mol. The lowest BCUT2D eigenvalue weighted by molar-refractivity contribution is 0.0762. The zero-order chi connectivity index (χ0) is 20.4. The van der Waals surface area contributed by atoms with Gasteiger partial charge in [-0.3, -0.25) is 4.79 Å². The standard InChI is InChI=1S/C22H22ClFN4O/c1-14-6-8-16-20(27-19-9-7-15(23)12-18(19)24)17(13-25-21(16)26-14)22(29)28-10-4-2-3-5-11-28/h6-9,12-13H,2-5,10-11H2,1H3,(H,25,26,27). The molecule has 1 saturated heterocycles. The third-order valence-electron chi connectivity index (χ3n) is 5.18. The van der Waals surface area contributed by atoms with Gasteiger partial charge in [0.05, 0.1) is 16.9 Å². The smallest absolute Gasteiger partial charge is 0.257 e. The van der Waals surface area contributed by atoms with Crippen LogP contribution in [0.1, 0.15) is 41.7 Å². The first-order chi connectivity index (χ1) is 14.0. The van der Waals surface area contributed by atoms with Gasteiger partial charge < -0.3 is 10.2 Å². The van der Waals surface area contributed by atoms with E-state index in [1.807, 2.05) is 24.0 Å². The predicted octanol–water partition coefficient (Wildman–Crippen LogP) is 5.49. The van der Waals surface area contributed by atoms with Gasteiger partial charge in [0.25, 0.3) is 5.91 Å². The molecule has 3 aromatic rings. The Kier molecular flexibility index (Phi) is 5.62. The number of fused-ring (bicyclic) bond motifs is 1. The molecule has 5 nitrogen and oxygen atoms in total. The number of pyridine rings is 2. The highest BCUT2D eigenvalue weighted by atomic mass is 35.5. The number of nitrogens with zero attached hydrogens (tertiary/aromatic N) is 3. The first-order valence-corrected chi connectivity index (χ1v) is 10.2. The van der Waals surface area contributed by atoms with Crippen molar-refractivity contribution in [1.29, 1.82) is 0 Å². The summed E-state index contributed by atoms with van der Waals surface area (Å²) < 4.78 is 14.5. The van der Waals surface area contributed by atoms with Crippen molar-refractivity contribution in [2.24, 2.45) is 0 Å². The maximum atomic E-state index is 14.5. The van der Waals surface area contributed by atoms with E-state index in [1.54, 1.807) is 12.1 Å². The van der Waals surface area contributed by atoms with E-state index in [0.29, 0.717) is 27.3 Å². The Hall–Kier alpha value is -2.73. The summed E-state index contributed by atoms with van der Waals surface area (Å²) in [6.45, 7) is 3.32. The van der Waals surface area contributed by atoms with E-state index in [4.69, 9.17) is 11.6 Å². The summed E-state index contributed by atoms with van der Waals surface area (Å²) in [4.78, 5) is 24.0. The van der Waals surface area contributed by atoms with Crippen LogP contribution < -0.4 is 5.32 Å². The van der Waals surface area contributed by atoms with Crippen LogP contribution in [0.25, 0.3) is 11.0 Å². The first kappa shape index (κ1) is 19.6. The molecule has 1 amide bonds. The Morgan fingerprint density at radius 3 is 2.62 bits per heavy atom. The van der Waals surface area contributed by atoms with Crippen molar-refractivity contribution in [2.75, 3.05) is 18.4 Å². The lowest BCUT2D eigenvalue weighted by Gasteiger charge is -2.22. The van der Waals surface area contributed by atoms with Gasteiger partial charge in [-0.05, 0) is 50.1 Å². The van der Waals surface area contributed by atoms with Gasteiger partial charge in [0.1, 0.15) is 5.82 Å². The number of likely N-dealkylation sites (tertiary alicyclic amines) is 1. The number of halogens is 2. The quantitative estimate of drug-likeness (QED) is 0.617. The molecule has 0 saturated carbocycles. The number of nitrogens with one attached hydrogen (secondary N) is 1. The minimum Gasteiger partial charge on any atom is -0.352 e. The topological polar surface area (TPSA) is 58.1 Å². The molecule has 150 valence electrons. The average molecular weight is 413 g/mol. The highest BCUT2D eigenvalue weighted by Gasteiger charge is 2.23. The minimum absolute atomic E-state index is 0.0984. The van der Waals surface area contributed by atoms with E-state index in [1.165, 1.54) is 12.3 Å². The Labute approximate surface area is 173 Å². The molecule has 2 aromatic heterocycles. The molecule has 0 spiro atoms. The number of hydrogen-bond acceptors (Lipinski definition) is 4. The molecule has 0 bridgehead atoms. The van der Waals surface area contributed by atoms with Crippen molar-refractivity contribution in [2.45, 2.75) is 32.6 Å². The second-order valence-electron chi connectivity index (χ2n) is 7.33. The molecule has 0 unspecified atom stereocenters. The van der Waals surface area contributed by atoms with Gasteiger partial charge in [-0.1, -0.05) is 24.4 Å². The van der Waals surface area contributed by atoms with Crippen LogP contribution in [0, 0.1) is 12.7 Å². The van der Waals surface area contributed by atoms with Crippen LogP contribution in [-0.4, -0.2) is 33.9 Å². The molecule has 1 N–H and O–H groups in total. The third kappa shape index (κ3) is 4.17. The van der Waals surface area contributed by atoms with Crippen molar-refractivity contribution < 1.29 is 9.18 Å². The van der Waals surface area contributed by atoms with E-state index in [2.05, 4.69) is 15.3 Å². The fourth-order valence-electron chi connectivity index (χ4n) is 3.64. The van der Waals surface area contributed by atoms with Crippen molar-refractivity contribution in [3.63, 3.8) is 0 Å². The summed E-state index contributed by atoms with van der Waals surface area (Å²) in [7, 11) is 0. The lowest BCUT2D eigenvalue weighted by Crippen LogP contribution is -2.32. The van der Waals surface area contributed by atoms with Crippen molar-refractivity contribution in [1.82, 2.24) is 14.9 Å². The number of aryl methyl sites for hydroxylation is 1. The van der Waals surface area contributed by atoms with Gasteiger partial charge in [0.2, 0.25) is 0 Å². The molecule has 0 radical (unpaired) electrons. The Balaban J connectivity index is 1.81. The number of carbonyl (C=O) groups excluding carboxylic acids is 1. The number of hydrogen-bond donors (Lipinski definition) is 1. The van der Waals surface area contributed by atoms with Gasteiger partial charge in [0, 0.05) is 35.4 Å². The van der Waals surface area contributed by atoms with E-state index < -0.39 is 5.82 Å². The number of anilines is 2. The van der Waals surface area contributed by atoms with E-state index in [0.717, 1.165) is 44.5 Å². The van der Waals surface area contributed by atoms with Crippen LogP contribution in [-0.2, 0) is 0 Å². The SMILES string of the molecule is Cc1ccc2c(Nc3ccc(Cl)cc3F)c(C(=O)N3CCCCCC3)cnc2n1. The van der Waals surface area contributed by atoms with Gasteiger partial charge in [-0.15, -0.1) is 0 Å². The molecule has 1 aliphatic heterocycles. The highest BCUT2D eigenvalue weighted by molar-refractivity contribution is 6.30. The van der Waals surface area contributed by atoms with Crippen molar-refractivity contribution in [3.05, 3.63) is 58.6 Å². The number of benzene rings is 1. The molecular weight excluding hydrogens is 391 g/mol. The number of amides is 1. The van der Waals surface area contributed by atoms with Crippen LogP contribution in [0.2, 0.25) is 5.02 Å². The maximum absolute atomic E-state index is 14.5. The zero-order valence-corrected chi connectivity index (χ0v) is 17.0. The molecule has 0 aliphatic carbocycles. The second kappa shape index (κ2) is 8.33. The summed E-state index contributed by atoms with van der Waals surface area (Å²) in [5.41, 5.74) is 2.50. The van der Waals surface area contributed by atoms with Crippen LogP contribution in [0.15, 0.2) is 36.5 Å². The van der Waals surface area contributed by atoms with Crippen LogP contribution in [0.3, 0.4) is 0 Å². The second-order valence-corrected chi connectivity index (χ2v) is 7.76. The molecule has 3 heterocycles. The summed E-state index contributed by atoms with van der Waals surface area (Å²) >= 11 is 5.88. The summed E-state index contributed by atoms with van der Waals surface area (Å²) in [5.74, 6) is -0.588. The highest BCUT2D eigenvalue weighted by Crippen LogP contribution is 2.31. The third-order valence-corrected chi connectivity index (χ3v) is 5.42. The molecule has 0 atom stereocenters. The largest absolute Gasteiger partial charge is 0.352 e. The van der Waals surface area contributed by atoms with E-state index in [9.17, 15) is 9.18 Å². The average Bonchev–Trinajstić information content (AvgIpc) is 2.99. The number of carbonyl (C=O) groups is 1. The number of rotatable bonds is 3. The number of aromatic nitrogens is 2. The van der Waals surface area contributed by atoms with E-state index >= 15 is 0 Å². The molecule has 1 aliphatic rings. The summed E-state index contributed by atoms with van der Waals surface area (Å²) in [6, 6.07) is 8.13. The van der Waals surface area contributed by atoms with Gasteiger partial charge in [-0.2, -0.15) is 0 Å². The van der Waals surface area contributed by atoms with Gasteiger partial charge in [0.15, 0.2) is 5.65 Å². The molecule has 4 rings (SSSR count). The molecule has 1 aromatic carbocycles. The first-order valence-electron chi connectivity index (χ1n) is 9.80. The minimum atomic E-state index is -0.490. The van der Waals surface area contributed by atoms with Crippen LogP contribution >= 0.6 is 11.6 Å². The monoisotopic (exact) mass is 412 g/mol. The lowest BCUT2D eigenvalue weighted by atomic mass is 10.1. The molecule has 1 fully saturated rings. The molecule has 7 heteroatoms. The Bertz CT molecular complexity index is 1060. The van der Waals surface area contributed by atoms with Crippen molar-refractivity contribution in [3.8, 4) is 0 Å². The molecular formula is C22H22ClFN4O. The normalized spacial score (nSPS) is 14.7. The van der Waals surface area contributed by atoms with E-state index in [-0.39, 0.29) is 11.6 Å². The summed E-state index contributed by atoms with van der Waals surface area (Å²) in [5, 5.41) is 4.09. The van der Waals surface area contributed by atoms with Crippen LogP contribution in [0.5, 0.6) is 0 Å².